The van der Waals surface area contributed by atoms with Gasteiger partial charge in [-0.05, 0) is 29.8 Å². The fourth-order valence-electron chi connectivity index (χ4n) is 2.43. The molecule has 6 nitrogen and oxygen atoms in total. The lowest BCUT2D eigenvalue weighted by Crippen LogP contribution is -2.12. The zero-order valence-corrected chi connectivity index (χ0v) is 14.0. The average Bonchev–Trinajstić information content (AvgIpc) is 3.08. The minimum absolute atomic E-state index is 0.303. The van der Waals surface area contributed by atoms with Gasteiger partial charge in [-0.2, -0.15) is 5.10 Å². The van der Waals surface area contributed by atoms with E-state index >= 15 is 0 Å². The lowest BCUT2D eigenvalue weighted by Gasteiger charge is -2.03. The second-order valence-corrected chi connectivity index (χ2v) is 5.72. The lowest BCUT2D eigenvalue weighted by atomic mass is 10.2. The third-order valence-electron chi connectivity index (χ3n) is 3.68. The smallest absolute Gasteiger partial charge is 0.248 e. The predicted molar refractivity (Wildman–Crippen MR) is 100 cm³/mol. The van der Waals surface area contributed by atoms with Gasteiger partial charge in [0.15, 0.2) is 0 Å². The van der Waals surface area contributed by atoms with Crippen molar-refractivity contribution >= 4 is 23.6 Å². The van der Waals surface area contributed by atoms with E-state index in [4.69, 9.17) is 5.73 Å². The Morgan fingerprint density at radius 2 is 1.92 bits per heavy atom. The van der Waals surface area contributed by atoms with Crippen molar-refractivity contribution in [3.05, 3.63) is 89.8 Å². The number of aromatic nitrogens is 2. The molecule has 0 fully saturated rings. The van der Waals surface area contributed by atoms with Crippen LogP contribution in [0.2, 0.25) is 0 Å². The number of nitrogens with zero attached hydrogens (tertiary/aromatic N) is 2. The molecule has 0 saturated heterocycles. The van der Waals surface area contributed by atoms with Gasteiger partial charge in [0.2, 0.25) is 11.8 Å². The van der Waals surface area contributed by atoms with E-state index in [0.717, 1.165) is 11.1 Å². The highest BCUT2D eigenvalue weighted by Gasteiger charge is 2.03. The first-order valence-electron chi connectivity index (χ1n) is 8.05. The molecule has 0 aliphatic rings. The second kappa shape index (κ2) is 7.94. The molecule has 0 saturated carbocycles. The van der Waals surface area contributed by atoms with Crippen LogP contribution < -0.4 is 11.1 Å². The Morgan fingerprint density at radius 1 is 1.12 bits per heavy atom. The summed E-state index contributed by atoms with van der Waals surface area (Å²) in [6, 6.07) is 16.5. The molecule has 3 aromatic rings. The number of amides is 2. The summed E-state index contributed by atoms with van der Waals surface area (Å²) in [6.45, 7) is 0.667. The molecule has 2 amide bonds. The lowest BCUT2D eigenvalue weighted by molar-refractivity contribution is -0.111. The SMILES string of the molecule is NC(=O)c1cccc(NC(=O)/C=C/c2cnn(Cc3ccccc3)c2)c1. The Kier molecular flexibility index (Phi) is 5.24. The fourth-order valence-corrected chi connectivity index (χ4v) is 2.43. The Hall–Kier alpha value is -3.67. The minimum atomic E-state index is -0.539. The molecule has 3 N–H and O–H groups in total. The highest BCUT2D eigenvalue weighted by atomic mass is 16.1. The molecule has 1 aromatic heterocycles. The molecule has 0 atom stereocenters. The van der Waals surface area contributed by atoms with E-state index < -0.39 is 5.91 Å². The highest BCUT2D eigenvalue weighted by molar-refractivity contribution is 6.02. The van der Waals surface area contributed by atoms with Crippen LogP contribution in [0.5, 0.6) is 0 Å². The number of nitrogens with one attached hydrogen (secondary N) is 1. The van der Waals surface area contributed by atoms with Gasteiger partial charge < -0.3 is 11.1 Å². The number of benzene rings is 2. The van der Waals surface area contributed by atoms with E-state index in [0.29, 0.717) is 17.8 Å². The minimum Gasteiger partial charge on any atom is -0.366 e. The van der Waals surface area contributed by atoms with Crippen molar-refractivity contribution in [2.24, 2.45) is 5.73 Å². The van der Waals surface area contributed by atoms with Crippen LogP contribution in [-0.2, 0) is 11.3 Å². The Bertz CT molecular complexity index is 945. The fraction of sp³-hybridized carbons (Fsp3) is 0.0500. The molecule has 0 spiro atoms. The van der Waals surface area contributed by atoms with Gasteiger partial charge in [0.25, 0.3) is 0 Å². The zero-order chi connectivity index (χ0) is 18.4. The van der Waals surface area contributed by atoms with Crippen LogP contribution in [0.3, 0.4) is 0 Å². The summed E-state index contributed by atoms with van der Waals surface area (Å²) in [4.78, 5) is 23.2. The van der Waals surface area contributed by atoms with Gasteiger partial charge in [-0.25, -0.2) is 0 Å². The standard InChI is InChI=1S/C20H18N4O2/c21-20(26)17-7-4-8-18(11-17)23-19(25)10-9-16-12-22-24(14-16)13-15-5-2-1-3-6-15/h1-12,14H,13H2,(H2,21,26)(H,23,25)/b10-9+. The monoisotopic (exact) mass is 346 g/mol. The zero-order valence-electron chi connectivity index (χ0n) is 14.0. The maximum absolute atomic E-state index is 12.0. The van der Waals surface area contributed by atoms with Crippen molar-refractivity contribution in [2.45, 2.75) is 6.54 Å². The van der Waals surface area contributed by atoms with E-state index in [-0.39, 0.29) is 5.91 Å². The summed E-state index contributed by atoms with van der Waals surface area (Å²) in [7, 11) is 0. The number of hydrogen-bond acceptors (Lipinski definition) is 3. The van der Waals surface area contributed by atoms with Crippen molar-refractivity contribution in [3.8, 4) is 0 Å². The molecular weight excluding hydrogens is 328 g/mol. The van der Waals surface area contributed by atoms with Gasteiger partial charge in [-0.15, -0.1) is 0 Å². The van der Waals surface area contributed by atoms with Gasteiger partial charge in [-0.1, -0.05) is 36.4 Å². The molecule has 3 rings (SSSR count). The van der Waals surface area contributed by atoms with Crippen molar-refractivity contribution < 1.29 is 9.59 Å². The summed E-state index contributed by atoms with van der Waals surface area (Å²) in [5, 5.41) is 6.98. The van der Waals surface area contributed by atoms with Gasteiger partial charge >= 0.3 is 0 Å². The molecule has 2 aromatic carbocycles. The summed E-state index contributed by atoms with van der Waals surface area (Å²) in [5.41, 5.74) is 8.05. The third-order valence-corrected chi connectivity index (χ3v) is 3.68. The van der Waals surface area contributed by atoms with Crippen molar-refractivity contribution in [1.29, 1.82) is 0 Å². The van der Waals surface area contributed by atoms with E-state index in [2.05, 4.69) is 10.4 Å². The van der Waals surface area contributed by atoms with Gasteiger partial charge in [0.05, 0.1) is 12.7 Å². The van der Waals surface area contributed by atoms with Crippen LogP contribution in [0.4, 0.5) is 5.69 Å². The number of nitrogens with two attached hydrogens (primary N) is 1. The number of carbonyl (C=O) groups excluding carboxylic acids is 2. The average molecular weight is 346 g/mol. The molecular formula is C20H18N4O2. The molecule has 130 valence electrons. The van der Waals surface area contributed by atoms with Gasteiger partial charge in [0, 0.05) is 29.1 Å². The quantitative estimate of drug-likeness (QED) is 0.672. The molecule has 6 heteroatoms. The van der Waals surface area contributed by atoms with Gasteiger partial charge in [-0.3, -0.25) is 14.3 Å². The second-order valence-electron chi connectivity index (χ2n) is 5.72. The van der Waals surface area contributed by atoms with Crippen LogP contribution in [-0.4, -0.2) is 21.6 Å². The highest BCUT2D eigenvalue weighted by Crippen LogP contribution is 2.11. The summed E-state index contributed by atoms with van der Waals surface area (Å²) < 4.78 is 1.81. The maximum atomic E-state index is 12.0. The van der Waals surface area contributed by atoms with Crippen molar-refractivity contribution in [2.75, 3.05) is 5.32 Å². The number of rotatable bonds is 6. The Morgan fingerprint density at radius 3 is 2.69 bits per heavy atom. The normalized spacial score (nSPS) is 10.8. The summed E-state index contributed by atoms with van der Waals surface area (Å²) in [5.74, 6) is -0.843. The Labute approximate surface area is 151 Å². The topological polar surface area (TPSA) is 90.0 Å². The van der Waals surface area contributed by atoms with Crippen LogP contribution in [0.1, 0.15) is 21.5 Å². The molecule has 0 radical (unpaired) electrons. The predicted octanol–water partition coefficient (Wildman–Crippen LogP) is 2.68. The molecule has 0 aliphatic carbocycles. The third kappa shape index (κ3) is 4.67. The van der Waals surface area contributed by atoms with Crippen LogP contribution in [0.15, 0.2) is 73.1 Å². The number of anilines is 1. The first-order valence-corrected chi connectivity index (χ1v) is 8.05. The molecule has 0 aliphatic heterocycles. The number of carbonyl (C=O) groups is 2. The molecule has 0 bridgehead atoms. The molecule has 26 heavy (non-hydrogen) atoms. The van der Waals surface area contributed by atoms with E-state index in [1.54, 1.807) is 30.5 Å². The molecule has 0 unspecified atom stereocenters. The summed E-state index contributed by atoms with van der Waals surface area (Å²) in [6.07, 6.45) is 6.66. The summed E-state index contributed by atoms with van der Waals surface area (Å²) >= 11 is 0. The molecule has 1 heterocycles. The number of primary amides is 1. The van der Waals surface area contributed by atoms with Crippen molar-refractivity contribution in [1.82, 2.24) is 9.78 Å². The van der Waals surface area contributed by atoms with Crippen LogP contribution >= 0.6 is 0 Å². The van der Waals surface area contributed by atoms with E-state index in [1.165, 1.54) is 12.1 Å². The van der Waals surface area contributed by atoms with E-state index in [9.17, 15) is 9.59 Å². The van der Waals surface area contributed by atoms with E-state index in [1.807, 2.05) is 41.2 Å². The number of hydrogen-bond donors (Lipinski definition) is 2. The first-order chi connectivity index (χ1) is 12.6. The van der Waals surface area contributed by atoms with Crippen LogP contribution in [0.25, 0.3) is 6.08 Å². The van der Waals surface area contributed by atoms with Gasteiger partial charge in [0.1, 0.15) is 0 Å². The van der Waals surface area contributed by atoms with Crippen LogP contribution in [0, 0.1) is 0 Å². The Balaban J connectivity index is 1.60. The van der Waals surface area contributed by atoms with Crippen molar-refractivity contribution in [3.63, 3.8) is 0 Å². The maximum Gasteiger partial charge on any atom is 0.248 e. The largest absolute Gasteiger partial charge is 0.366 e. The first kappa shape index (κ1) is 17.2.